The molecule has 0 bridgehead atoms. The molecule has 0 unspecified atom stereocenters. The van der Waals surface area contributed by atoms with Crippen molar-refractivity contribution in [3.63, 3.8) is 0 Å². The van der Waals surface area contributed by atoms with Gasteiger partial charge in [-0.2, -0.15) is 0 Å². The number of carbonyl (C=O) groups excluding carboxylic acids is 2. The fourth-order valence-electron chi connectivity index (χ4n) is 3.08. The Bertz CT molecular complexity index is 912. The molecule has 0 spiro atoms. The lowest BCUT2D eigenvalue weighted by atomic mass is 10.1. The molecule has 1 N–H and O–H groups in total. The summed E-state index contributed by atoms with van der Waals surface area (Å²) in [5.74, 6) is 0.121. The highest BCUT2D eigenvalue weighted by Gasteiger charge is 2.27. The van der Waals surface area contributed by atoms with Crippen LogP contribution in [0.15, 0.2) is 40.9 Å². The summed E-state index contributed by atoms with van der Waals surface area (Å²) in [6.45, 7) is 9.64. The number of carbonyl (C=O) groups is 2. The molecular weight excluding hydrogens is 480 g/mol. The quantitative estimate of drug-likeness (QED) is 0.490. The van der Waals surface area contributed by atoms with Crippen LogP contribution in [0.25, 0.3) is 0 Å². The summed E-state index contributed by atoms with van der Waals surface area (Å²) in [4.78, 5) is 27.4. The van der Waals surface area contributed by atoms with Crippen LogP contribution in [-0.2, 0) is 16.1 Å². The average molecular weight is 510 g/mol. The van der Waals surface area contributed by atoms with Crippen LogP contribution < -0.4 is 10.1 Å². The van der Waals surface area contributed by atoms with Crippen molar-refractivity contribution in [2.75, 3.05) is 6.61 Å². The summed E-state index contributed by atoms with van der Waals surface area (Å²) in [6, 6.07) is 10.4. The van der Waals surface area contributed by atoms with Crippen LogP contribution in [0, 0.1) is 13.8 Å². The van der Waals surface area contributed by atoms with Gasteiger partial charge in [-0.15, -0.1) is 0 Å². The normalized spacial score (nSPS) is 12.7. The summed E-state index contributed by atoms with van der Waals surface area (Å²) in [5, 5.41) is 3.50. The van der Waals surface area contributed by atoms with Crippen LogP contribution in [0.2, 0.25) is 5.02 Å². The Morgan fingerprint density at radius 2 is 1.77 bits per heavy atom. The van der Waals surface area contributed by atoms with Crippen LogP contribution in [0.5, 0.6) is 5.75 Å². The van der Waals surface area contributed by atoms with Gasteiger partial charge in [-0.05, 0) is 69.0 Å². The van der Waals surface area contributed by atoms with Gasteiger partial charge in [0.15, 0.2) is 6.61 Å². The predicted molar refractivity (Wildman–Crippen MR) is 128 cm³/mol. The molecule has 2 rings (SSSR count). The van der Waals surface area contributed by atoms with Crippen LogP contribution >= 0.6 is 27.5 Å². The molecule has 0 radical (unpaired) electrons. The molecule has 0 aliphatic carbocycles. The summed E-state index contributed by atoms with van der Waals surface area (Å²) in [7, 11) is 0. The minimum Gasteiger partial charge on any atom is -0.484 e. The minimum atomic E-state index is -0.672. The second kappa shape index (κ2) is 11.5. The van der Waals surface area contributed by atoms with Gasteiger partial charge in [-0.3, -0.25) is 9.59 Å². The molecule has 0 aliphatic rings. The molecule has 168 valence electrons. The topological polar surface area (TPSA) is 58.6 Å². The number of ether oxygens (including phenoxy) is 1. The second-order valence-corrected chi connectivity index (χ2v) is 8.97. The van der Waals surface area contributed by atoms with Crippen molar-refractivity contribution in [1.82, 2.24) is 10.2 Å². The molecule has 0 aromatic heterocycles. The van der Waals surface area contributed by atoms with E-state index in [0.29, 0.717) is 10.8 Å². The van der Waals surface area contributed by atoms with Gasteiger partial charge < -0.3 is 15.0 Å². The zero-order valence-corrected chi connectivity index (χ0v) is 21.0. The number of amides is 2. The molecule has 31 heavy (non-hydrogen) atoms. The highest BCUT2D eigenvalue weighted by Crippen LogP contribution is 2.26. The van der Waals surface area contributed by atoms with Gasteiger partial charge in [0.05, 0.1) is 0 Å². The van der Waals surface area contributed by atoms with Gasteiger partial charge in [-0.1, -0.05) is 52.7 Å². The zero-order chi connectivity index (χ0) is 23.1. The lowest BCUT2D eigenvalue weighted by Gasteiger charge is -2.30. The maximum atomic E-state index is 13.1. The summed E-state index contributed by atoms with van der Waals surface area (Å²) in [6.07, 6.45) is 0.808. The van der Waals surface area contributed by atoms with E-state index in [-0.39, 0.29) is 31.0 Å². The van der Waals surface area contributed by atoms with Crippen molar-refractivity contribution in [2.45, 2.75) is 59.7 Å². The first kappa shape index (κ1) is 25.2. The fraction of sp³-hybridized carbons (Fsp3) is 0.417. The van der Waals surface area contributed by atoms with Crippen molar-refractivity contribution in [1.29, 1.82) is 0 Å². The van der Waals surface area contributed by atoms with Gasteiger partial charge in [0.1, 0.15) is 11.8 Å². The number of aryl methyl sites for hydroxylation is 2. The van der Waals surface area contributed by atoms with E-state index in [1.54, 1.807) is 13.0 Å². The van der Waals surface area contributed by atoms with E-state index >= 15 is 0 Å². The molecule has 7 heteroatoms. The molecule has 0 saturated heterocycles. The van der Waals surface area contributed by atoms with Gasteiger partial charge in [0.2, 0.25) is 5.91 Å². The highest BCUT2D eigenvalue weighted by molar-refractivity contribution is 9.10. The molecule has 0 aliphatic heterocycles. The summed E-state index contributed by atoms with van der Waals surface area (Å²) < 4.78 is 6.80. The zero-order valence-electron chi connectivity index (χ0n) is 18.7. The Balaban J connectivity index is 2.21. The smallest absolute Gasteiger partial charge is 0.261 e. The van der Waals surface area contributed by atoms with Crippen LogP contribution in [-0.4, -0.2) is 35.4 Å². The summed E-state index contributed by atoms with van der Waals surface area (Å²) >= 11 is 9.85. The maximum Gasteiger partial charge on any atom is 0.261 e. The first-order valence-electron chi connectivity index (χ1n) is 10.4. The first-order chi connectivity index (χ1) is 14.6. The molecule has 5 nitrogen and oxygen atoms in total. The third-order valence-corrected chi connectivity index (χ3v) is 6.86. The van der Waals surface area contributed by atoms with Crippen LogP contribution in [0.4, 0.5) is 0 Å². The van der Waals surface area contributed by atoms with Crippen molar-refractivity contribution in [2.24, 2.45) is 0 Å². The molecule has 0 fully saturated rings. The Morgan fingerprint density at radius 1 is 1.16 bits per heavy atom. The number of nitrogens with zero attached hydrogens (tertiary/aromatic N) is 1. The third-order valence-electron chi connectivity index (χ3n) is 5.24. The van der Waals surface area contributed by atoms with E-state index < -0.39 is 6.04 Å². The van der Waals surface area contributed by atoms with E-state index in [1.165, 1.54) is 4.90 Å². The number of benzene rings is 2. The monoisotopic (exact) mass is 508 g/mol. The van der Waals surface area contributed by atoms with Crippen molar-refractivity contribution in [3.05, 3.63) is 62.6 Å². The number of hydrogen-bond donors (Lipinski definition) is 1. The molecule has 0 saturated carbocycles. The first-order valence-corrected chi connectivity index (χ1v) is 11.5. The fourth-order valence-corrected chi connectivity index (χ4v) is 3.50. The largest absolute Gasteiger partial charge is 0.484 e. The van der Waals surface area contributed by atoms with E-state index in [2.05, 4.69) is 21.2 Å². The Morgan fingerprint density at radius 3 is 2.35 bits per heavy atom. The molecule has 2 aromatic rings. The Hall–Kier alpha value is -2.05. The SMILES string of the molecule is CC[C@@H](C)NC(=O)[C@@H](C)N(Cc1ccccc1Cl)C(=O)COc1cc(C)c(Br)c(C)c1. The molecule has 0 heterocycles. The Labute approximate surface area is 198 Å². The number of rotatable bonds is 9. The second-order valence-electron chi connectivity index (χ2n) is 7.77. The van der Waals surface area contributed by atoms with E-state index in [4.69, 9.17) is 16.3 Å². The van der Waals surface area contributed by atoms with Gasteiger partial charge in [0, 0.05) is 22.1 Å². The molecule has 2 amide bonds. The van der Waals surface area contributed by atoms with Crippen LogP contribution in [0.3, 0.4) is 0 Å². The minimum absolute atomic E-state index is 0.0252. The standard InChI is InChI=1S/C24H30BrClN2O3/c1-6-17(4)27-24(30)18(5)28(13-19-9-7-8-10-21(19)26)22(29)14-31-20-11-15(2)23(25)16(3)12-20/h7-12,17-18H,6,13-14H2,1-5H3,(H,27,30)/t17-,18-/m1/s1. The lowest BCUT2D eigenvalue weighted by molar-refractivity contribution is -0.142. The molecule has 2 atom stereocenters. The molecular formula is C24H30BrClN2O3. The van der Waals surface area contributed by atoms with Crippen molar-refractivity contribution >= 4 is 39.3 Å². The number of hydrogen-bond acceptors (Lipinski definition) is 3. The van der Waals surface area contributed by atoms with Gasteiger partial charge in [-0.25, -0.2) is 0 Å². The predicted octanol–water partition coefficient (Wildman–Crippen LogP) is 5.43. The van der Waals surface area contributed by atoms with Crippen molar-refractivity contribution in [3.8, 4) is 5.75 Å². The lowest BCUT2D eigenvalue weighted by Crippen LogP contribution is -2.50. The third kappa shape index (κ3) is 6.97. The maximum absolute atomic E-state index is 13.1. The average Bonchev–Trinajstić information content (AvgIpc) is 2.74. The van der Waals surface area contributed by atoms with E-state index in [9.17, 15) is 9.59 Å². The van der Waals surface area contributed by atoms with Crippen LogP contribution in [0.1, 0.15) is 43.9 Å². The van der Waals surface area contributed by atoms with Gasteiger partial charge >= 0.3 is 0 Å². The Kier molecular flexibility index (Phi) is 9.38. The number of nitrogens with one attached hydrogen (secondary N) is 1. The van der Waals surface area contributed by atoms with E-state index in [1.807, 2.05) is 58.0 Å². The van der Waals surface area contributed by atoms with Crippen molar-refractivity contribution < 1.29 is 14.3 Å². The summed E-state index contributed by atoms with van der Waals surface area (Å²) in [5.41, 5.74) is 2.82. The van der Waals surface area contributed by atoms with E-state index in [0.717, 1.165) is 27.6 Å². The number of halogens is 2. The highest BCUT2D eigenvalue weighted by atomic mass is 79.9. The molecule has 2 aromatic carbocycles. The van der Waals surface area contributed by atoms with Gasteiger partial charge in [0.25, 0.3) is 5.91 Å².